The van der Waals surface area contributed by atoms with Crippen molar-refractivity contribution in [2.45, 2.75) is 17.9 Å². The van der Waals surface area contributed by atoms with Gasteiger partial charge in [0.25, 0.3) is 0 Å². The van der Waals surface area contributed by atoms with Crippen molar-refractivity contribution in [3.05, 3.63) is 89.0 Å². The van der Waals surface area contributed by atoms with Gasteiger partial charge < -0.3 is 4.42 Å². The van der Waals surface area contributed by atoms with Crippen LogP contribution in [0.1, 0.15) is 10.6 Å². The average molecular weight is 398 g/mol. The third-order valence-electron chi connectivity index (χ3n) is 4.47. The molecule has 2 aromatic heterocycles. The minimum absolute atomic E-state index is 0.212. The standard InChI is InChI=1S/C21H19NO3S2/c23-27(24,21-11-3-7-17-6-1-2-10-20(17)21)22(16-18-8-4-14-25-18)13-12-19-9-5-15-26-19/h1-11,14-15H,12-13,16H2. The lowest BCUT2D eigenvalue weighted by molar-refractivity contribution is 0.367. The molecule has 0 N–H and O–H groups in total. The van der Waals surface area contributed by atoms with Gasteiger partial charge in [-0.05, 0) is 41.5 Å². The molecular formula is C21H19NO3S2. The minimum atomic E-state index is -3.68. The second-order valence-corrected chi connectivity index (χ2v) is 9.16. The second kappa shape index (κ2) is 7.68. The Morgan fingerprint density at radius 1 is 0.926 bits per heavy atom. The summed E-state index contributed by atoms with van der Waals surface area (Å²) in [6.07, 6.45) is 2.24. The van der Waals surface area contributed by atoms with Crippen molar-refractivity contribution in [3.8, 4) is 0 Å². The van der Waals surface area contributed by atoms with Gasteiger partial charge in [-0.15, -0.1) is 11.3 Å². The SMILES string of the molecule is O=S(=O)(c1cccc2ccccc12)N(CCc1cccs1)Cc1ccco1. The van der Waals surface area contributed by atoms with Crippen LogP contribution in [-0.2, 0) is 23.0 Å². The summed E-state index contributed by atoms with van der Waals surface area (Å²) in [5.41, 5.74) is 0. The van der Waals surface area contributed by atoms with Crippen LogP contribution in [0.3, 0.4) is 0 Å². The van der Waals surface area contributed by atoms with Crippen molar-refractivity contribution in [1.82, 2.24) is 4.31 Å². The average Bonchev–Trinajstić information content (AvgIpc) is 3.38. The third kappa shape index (κ3) is 3.83. The first-order valence-electron chi connectivity index (χ1n) is 8.67. The molecule has 0 aliphatic rings. The van der Waals surface area contributed by atoms with Crippen LogP contribution in [-0.4, -0.2) is 19.3 Å². The molecule has 27 heavy (non-hydrogen) atoms. The molecule has 0 fully saturated rings. The Morgan fingerprint density at radius 2 is 1.78 bits per heavy atom. The molecule has 4 rings (SSSR count). The number of nitrogens with zero attached hydrogens (tertiary/aromatic N) is 1. The Kier molecular flexibility index (Phi) is 5.11. The van der Waals surface area contributed by atoms with Gasteiger partial charge in [-0.3, -0.25) is 0 Å². The van der Waals surface area contributed by atoms with Crippen LogP contribution >= 0.6 is 11.3 Å². The first-order chi connectivity index (χ1) is 13.1. The molecule has 0 unspecified atom stereocenters. The summed E-state index contributed by atoms with van der Waals surface area (Å²) >= 11 is 1.64. The van der Waals surface area contributed by atoms with Crippen LogP contribution in [0.25, 0.3) is 10.8 Å². The van der Waals surface area contributed by atoms with Gasteiger partial charge in [0, 0.05) is 16.8 Å². The summed E-state index contributed by atoms with van der Waals surface area (Å²) in [6, 6.07) is 20.5. The first kappa shape index (κ1) is 18.0. The molecule has 4 aromatic rings. The summed E-state index contributed by atoms with van der Waals surface area (Å²) in [5.74, 6) is 0.630. The highest BCUT2D eigenvalue weighted by molar-refractivity contribution is 7.89. The second-order valence-electron chi connectivity index (χ2n) is 6.22. The summed E-state index contributed by atoms with van der Waals surface area (Å²) < 4.78 is 34.0. The molecule has 0 spiro atoms. The molecule has 0 atom stereocenters. The van der Waals surface area contributed by atoms with Crippen molar-refractivity contribution in [2.24, 2.45) is 0 Å². The Labute approximate surface area is 162 Å². The van der Waals surface area contributed by atoms with E-state index >= 15 is 0 Å². The fourth-order valence-corrected chi connectivity index (χ4v) is 5.43. The fraction of sp³-hybridized carbons (Fsp3) is 0.143. The highest BCUT2D eigenvalue weighted by atomic mass is 32.2. The fourth-order valence-electron chi connectivity index (χ4n) is 3.11. The number of benzene rings is 2. The van der Waals surface area contributed by atoms with E-state index < -0.39 is 10.0 Å². The molecule has 0 saturated carbocycles. The van der Waals surface area contributed by atoms with Crippen LogP contribution in [0, 0.1) is 0 Å². The van der Waals surface area contributed by atoms with E-state index in [1.54, 1.807) is 41.9 Å². The predicted molar refractivity (Wildman–Crippen MR) is 108 cm³/mol. The van der Waals surface area contributed by atoms with E-state index in [0.717, 1.165) is 15.6 Å². The highest BCUT2D eigenvalue weighted by Crippen LogP contribution is 2.27. The molecule has 2 heterocycles. The van der Waals surface area contributed by atoms with Crippen LogP contribution in [0.2, 0.25) is 0 Å². The van der Waals surface area contributed by atoms with Crippen LogP contribution < -0.4 is 0 Å². The maximum Gasteiger partial charge on any atom is 0.244 e. The topological polar surface area (TPSA) is 50.5 Å². The Morgan fingerprint density at radius 3 is 2.56 bits per heavy atom. The van der Waals surface area contributed by atoms with E-state index in [1.807, 2.05) is 47.8 Å². The molecule has 0 bridgehead atoms. The normalized spacial score (nSPS) is 12.0. The maximum atomic E-state index is 13.5. The van der Waals surface area contributed by atoms with Crippen LogP contribution in [0.5, 0.6) is 0 Å². The molecule has 2 aromatic carbocycles. The maximum absolute atomic E-state index is 13.5. The number of sulfonamides is 1. The molecule has 4 nitrogen and oxygen atoms in total. The zero-order valence-electron chi connectivity index (χ0n) is 14.6. The molecule has 6 heteroatoms. The smallest absolute Gasteiger partial charge is 0.244 e. The molecular weight excluding hydrogens is 378 g/mol. The van der Waals surface area contributed by atoms with Gasteiger partial charge in [0.1, 0.15) is 5.76 Å². The Bertz CT molecular complexity index is 1110. The predicted octanol–water partition coefficient (Wildman–Crippen LogP) is 4.93. The van der Waals surface area contributed by atoms with E-state index in [9.17, 15) is 8.42 Å². The molecule has 138 valence electrons. The van der Waals surface area contributed by atoms with E-state index in [2.05, 4.69) is 0 Å². The summed E-state index contributed by atoms with van der Waals surface area (Å²) in [5, 5.41) is 3.65. The summed E-state index contributed by atoms with van der Waals surface area (Å²) in [6.45, 7) is 0.608. The van der Waals surface area contributed by atoms with Crippen LogP contribution in [0.4, 0.5) is 0 Å². The monoisotopic (exact) mass is 397 g/mol. The highest BCUT2D eigenvalue weighted by Gasteiger charge is 2.27. The quantitative estimate of drug-likeness (QED) is 0.444. The Hall–Kier alpha value is -2.41. The zero-order chi connectivity index (χ0) is 18.7. The Balaban J connectivity index is 1.72. The van der Waals surface area contributed by atoms with Gasteiger partial charge in [0.2, 0.25) is 10.0 Å². The molecule has 0 amide bonds. The van der Waals surface area contributed by atoms with Crippen LogP contribution in [0.15, 0.2) is 87.7 Å². The number of hydrogen-bond acceptors (Lipinski definition) is 4. The van der Waals surface area contributed by atoms with E-state index in [-0.39, 0.29) is 6.54 Å². The van der Waals surface area contributed by atoms with Crippen molar-refractivity contribution in [3.63, 3.8) is 0 Å². The molecule has 0 aliphatic heterocycles. The van der Waals surface area contributed by atoms with Gasteiger partial charge in [0.15, 0.2) is 0 Å². The van der Waals surface area contributed by atoms with E-state index in [1.165, 1.54) is 4.31 Å². The van der Waals surface area contributed by atoms with Gasteiger partial charge in [0.05, 0.1) is 17.7 Å². The molecule has 0 radical (unpaired) electrons. The molecule has 0 saturated heterocycles. The van der Waals surface area contributed by atoms with Crippen molar-refractivity contribution < 1.29 is 12.8 Å². The first-order valence-corrected chi connectivity index (χ1v) is 11.0. The minimum Gasteiger partial charge on any atom is -0.468 e. The third-order valence-corrected chi connectivity index (χ3v) is 7.31. The van der Waals surface area contributed by atoms with Crippen molar-refractivity contribution in [1.29, 1.82) is 0 Å². The zero-order valence-corrected chi connectivity index (χ0v) is 16.2. The number of rotatable bonds is 7. The van der Waals surface area contributed by atoms with Crippen molar-refractivity contribution >= 4 is 32.1 Å². The van der Waals surface area contributed by atoms with E-state index in [0.29, 0.717) is 23.6 Å². The lowest BCUT2D eigenvalue weighted by atomic mass is 10.1. The van der Waals surface area contributed by atoms with Gasteiger partial charge in [-0.25, -0.2) is 8.42 Å². The van der Waals surface area contributed by atoms with Crippen molar-refractivity contribution in [2.75, 3.05) is 6.54 Å². The largest absolute Gasteiger partial charge is 0.468 e. The summed E-state index contributed by atoms with van der Waals surface area (Å²) in [4.78, 5) is 1.49. The molecule has 0 aliphatic carbocycles. The van der Waals surface area contributed by atoms with Gasteiger partial charge in [-0.1, -0.05) is 42.5 Å². The lowest BCUT2D eigenvalue weighted by Crippen LogP contribution is -2.32. The van der Waals surface area contributed by atoms with Gasteiger partial charge >= 0.3 is 0 Å². The van der Waals surface area contributed by atoms with Gasteiger partial charge in [-0.2, -0.15) is 4.31 Å². The number of hydrogen-bond donors (Lipinski definition) is 0. The number of fused-ring (bicyclic) bond motifs is 1. The van der Waals surface area contributed by atoms with E-state index in [4.69, 9.17) is 4.42 Å². The number of furan rings is 1. The lowest BCUT2D eigenvalue weighted by Gasteiger charge is -2.22. The number of thiophene rings is 1. The summed E-state index contributed by atoms with van der Waals surface area (Å²) in [7, 11) is -3.68.